The first-order valence-corrected chi connectivity index (χ1v) is 6.36. The van der Waals surface area contributed by atoms with Crippen LogP contribution < -0.4 is 0 Å². The summed E-state index contributed by atoms with van der Waals surface area (Å²) in [6.45, 7) is 2.28. The quantitative estimate of drug-likeness (QED) is 0.906. The molecule has 3 nitrogen and oxygen atoms in total. The Morgan fingerprint density at radius 1 is 1.38 bits per heavy atom. The number of carboxylic acid groups (broad SMARTS) is 1. The van der Waals surface area contributed by atoms with E-state index in [9.17, 15) is 4.79 Å². The lowest BCUT2D eigenvalue weighted by molar-refractivity contribution is -0.142. The topological polar surface area (TPSA) is 40.5 Å². The Bertz CT molecular complexity index is 375. The van der Waals surface area contributed by atoms with E-state index in [1.54, 1.807) is 18.9 Å². The number of benzene rings is 1. The monoisotopic (exact) mass is 349 g/mol. The lowest BCUT2D eigenvalue weighted by atomic mass is 10.2. The maximum absolute atomic E-state index is 10.8. The molecule has 16 heavy (non-hydrogen) atoms. The number of carboxylic acids is 1. The minimum absolute atomic E-state index is 0.488. The number of hydrogen-bond donors (Lipinski definition) is 1. The number of likely N-dealkylation sites (N-methyl/N-ethyl adjacent to an activating group) is 1. The number of halogens is 2. The van der Waals surface area contributed by atoms with Crippen LogP contribution in [0.4, 0.5) is 0 Å². The molecule has 88 valence electrons. The predicted octanol–water partition coefficient (Wildman–Crippen LogP) is 3.12. The van der Waals surface area contributed by atoms with Gasteiger partial charge in [0, 0.05) is 15.5 Å². The van der Waals surface area contributed by atoms with Gasteiger partial charge in [-0.1, -0.05) is 31.9 Å². The Hall–Kier alpha value is -0.390. The van der Waals surface area contributed by atoms with Crippen LogP contribution in [0.1, 0.15) is 12.5 Å². The number of rotatable bonds is 4. The molecule has 0 aliphatic rings. The minimum atomic E-state index is -0.809. The van der Waals surface area contributed by atoms with Gasteiger partial charge in [-0.25, -0.2) is 0 Å². The van der Waals surface area contributed by atoms with Gasteiger partial charge in [-0.15, -0.1) is 0 Å². The van der Waals surface area contributed by atoms with Crippen molar-refractivity contribution in [3.05, 3.63) is 32.7 Å². The fourth-order valence-electron chi connectivity index (χ4n) is 1.32. The standard InChI is InChI=1S/C11H13Br2NO2/c1-7(11(15)16)14(2)6-8-3-9(12)5-10(13)4-8/h3-5,7H,6H2,1-2H3,(H,15,16). The number of aliphatic carboxylic acids is 1. The van der Waals surface area contributed by atoms with Crippen LogP contribution in [-0.4, -0.2) is 29.1 Å². The third-order valence-electron chi connectivity index (χ3n) is 2.37. The Morgan fingerprint density at radius 3 is 2.31 bits per heavy atom. The Kier molecular flexibility index (Phi) is 4.95. The van der Waals surface area contributed by atoms with E-state index < -0.39 is 12.0 Å². The van der Waals surface area contributed by atoms with Crippen molar-refractivity contribution in [2.45, 2.75) is 19.5 Å². The maximum Gasteiger partial charge on any atom is 0.320 e. The van der Waals surface area contributed by atoms with Crippen molar-refractivity contribution in [1.82, 2.24) is 4.90 Å². The molecule has 0 fully saturated rings. The highest BCUT2D eigenvalue weighted by molar-refractivity contribution is 9.11. The van der Waals surface area contributed by atoms with Gasteiger partial charge in [-0.2, -0.15) is 0 Å². The van der Waals surface area contributed by atoms with E-state index in [1.807, 2.05) is 18.2 Å². The van der Waals surface area contributed by atoms with E-state index >= 15 is 0 Å². The van der Waals surface area contributed by atoms with E-state index in [4.69, 9.17) is 5.11 Å². The smallest absolute Gasteiger partial charge is 0.320 e. The molecule has 0 aliphatic carbocycles. The van der Waals surface area contributed by atoms with Crippen LogP contribution in [0.15, 0.2) is 27.1 Å². The molecule has 0 bridgehead atoms. The summed E-state index contributed by atoms with van der Waals surface area (Å²) in [7, 11) is 1.80. The van der Waals surface area contributed by atoms with E-state index in [0.717, 1.165) is 14.5 Å². The Labute approximate surface area is 112 Å². The summed E-state index contributed by atoms with van der Waals surface area (Å²) in [6, 6.07) is 5.42. The molecule has 0 spiro atoms. The molecule has 1 aromatic rings. The van der Waals surface area contributed by atoms with Crippen molar-refractivity contribution in [1.29, 1.82) is 0 Å². The van der Waals surface area contributed by atoms with Gasteiger partial charge in [0.25, 0.3) is 0 Å². The summed E-state index contributed by atoms with van der Waals surface area (Å²) in [5, 5.41) is 8.88. The van der Waals surface area contributed by atoms with Crippen LogP contribution in [0.2, 0.25) is 0 Å². The fourth-order valence-corrected chi connectivity index (χ4v) is 2.70. The van der Waals surface area contributed by atoms with Gasteiger partial charge < -0.3 is 5.11 Å². The zero-order valence-corrected chi connectivity index (χ0v) is 12.2. The molecule has 0 saturated carbocycles. The van der Waals surface area contributed by atoms with Gasteiger partial charge in [0.15, 0.2) is 0 Å². The van der Waals surface area contributed by atoms with Gasteiger partial charge in [-0.05, 0) is 37.7 Å². The first-order chi connectivity index (χ1) is 7.40. The molecule has 1 rings (SSSR count). The van der Waals surface area contributed by atoms with Crippen molar-refractivity contribution in [2.75, 3.05) is 7.05 Å². The van der Waals surface area contributed by atoms with E-state index in [0.29, 0.717) is 6.54 Å². The summed E-state index contributed by atoms with van der Waals surface area (Å²) in [5.74, 6) is -0.809. The summed E-state index contributed by atoms with van der Waals surface area (Å²) >= 11 is 6.81. The summed E-state index contributed by atoms with van der Waals surface area (Å²) in [6.07, 6.45) is 0. The highest BCUT2D eigenvalue weighted by Gasteiger charge is 2.16. The highest BCUT2D eigenvalue weighted by Crippen LogP contribution is 2.21. The third kappa shape index (κ3) is 3.88. The average Bonchev–Trinajstić information content (AvgIpc) is 2.14. The van der Waals surface area contributed by atoms with Crippen molar-refractivity contribution in [2.24, 2.45) is 0 Å². The molecule has 0 heterocycles. The van der Waals surface area contributed by atoms with Gasteiger partial charge in [-0.3, -0.25) is 9.69 Å². The van der Waals surface area contributed by atoms with Crippen molar-refractivity contribution in [3.8, 4) is 0 Å². The molecular formula is C11H13Br2NO2. The van der Waals surface area contributed by atoms with Crippen LogP contribution in [-0.2, 0) is 11.3 Å². The van der Waals surface area contributed by atoms with Gasteiger partial charge >= 0.3 is 5.97 Å². The van der Waals surface area contributed by atoms with Crippen molar-refractivity contribution < 1.29 is 9.90 Å². The molecule has 0 radical (unpaired) electrons. The second kappa shape index (κ2) is 5.80. The van der Waals surface area contributed by atoms with E-state index in [2.05, 4.69) is 31.9 Å². The molecule has 1 unspecified atom stereocenters. The second-order valence-electron chi connectivity index (χ2n) is 3.71. The van der Waals surface area contributed by atoms with E-state index in [-0.39, 0.29) is 0 Å². The zero-order valence-electron chi connectivity index (χ0n) is 9.08. The minimum Gasteiger partial charge on any atom is -0.480 e. The second-order valence-corrected chi connectivity index (χ2v) is 5.54. The first-order valence-electron chi connectivity index (χ1n) is 4.78. The molecular weight excluding hydrogens is 338 g/mol. The van der Waals surface area contributed by atoms with Crippen LogP contribution in [0.25, 0.3) is 0 Å². The van der Waals surface area contributed by atoms with Crippen LogP contribution >= 0.6 is 31.9 Å². The molecule has 0 aliphatic heterocycles. The number of hydrogen-bond acceptors (Lipinski definition) is 2. The lowest BCUT2D eigenvalue weighted by Gasteiger charge is -2.21. The zero-order chi connectivity index (χ0) is 12.3. The summed E-state index contributed by atoms with van der Waals surface area (Å²) in [5.41, 5.74) is 1.07. The molecule has 0 aromatic heterocycles. The SMILES string of the molecule is CC(C(=O)O)N(C)Cc1cc(Br)cc(Br)c1. The molecule has 5 heteroatoms. The molecule has 1 aromatic carbocycles. The first kappa shape index (κ1) is 13.7. The molecule has 1 atom stereocenters. The molecule has 0 saturated heterocycles. The van der Waals surface area contributed by atoms with Crippen LogP contribution in [0, 0.1) is 0 Å². The lowest BCUT2D eigenvalue weighted by Crippen LogP contribution is -2.35. The van der Waals surface area contributed by atoms with Crippen LogP contribution in [0.5, 0.6) is 0 Å². The van der Waals surface area contributed by atoms with Crippen molar-refractivity contribution >= 4 is 37.8 Å². The summed E-state index contributed by atoms with van der Waals surface area (Å²) < 4.78 is 1.96. The molecule has 0 amide bonds. The Balaban J connectivity index is 2.76. The maximum atomic E-state index is 10.8. The Morgan fingerprint density at radius 2 is 1.88 bits per heavy atom. The predicted molar refractivity (Wildman–Crippen MR) is 70.4 cm³/mol. The van der Waals surface area contributed by atoms with Gasteiger partial charge in [0.1, 0.15) is 6.04 Å². The normalized spacial score (nSPS) is 12.8. The largest absolute Gasteiger partial charge is 0.480 e. The van der Waals surface area contributed by atoms with Gasteiger partial charge in [0.05, 0.1) is 0 Å². The van der Waals surface area contributed by atoms with E-state index in [1.165, 1.54) is 0 Å². The highest BCUT2D eigenvalue weighted by atomic mass is 79.9. The van der Waals surface area contributed by atoms with Crippen molar-refractivity contribution in [3.63, 3.8) is 0 Å². The summed E-state index contributed by atoms with van der Waals surface area (Å²) in [4.78, 5) is 12.6. The third-order valence-corrected chi connectivity index (χ3v) is 3.29. The van der Waals surface area contributed by atoms with Gasteiger partial charge in [0.2, 0.25) is 0 Å². The number of nitrogens with zero attached hydrogens (tertiary/aromatic N) is 1. The van der Waals surface area contributed by atoms with Crippen LogP contribution in [0.3, 0.4) is 0 Å². The average molecular weight is 351 g/mol. The number of carbonyl (C=O) groups is 1. The fraction of sp³-hybridized carbons (Fsp3) is 0.364. The molecule has 1 N–H and O–H groups in total.